The highest BCUT2D eigenvalue weighted by atomic mass is 79.9. The van der Waals surface area contributed by atoms with E-state index in [4.69, 9.17) is 5.26 Å². The predicted octanol–water partition coefficient (Wildman–Crippen LogP) is 3.15. The third-order valence-corrected chi connectivity index (χ3v) is 4.24. The summed E-state index contributed by atoms with van der Waals surface area (Å²) in [6.45, 7) is 4.71. The van der Waals surface area contributed by atoms with Crippen LogP contribution in [0.25, 0.3) is 0 Å². The Morgan fingerprint density at radius 3 is 2.47 bits per heavy atom. The molecule has 1 aromatic carbocycles. The van der Waals surface area contributed by atoms with Crippen LogP contribution in [0.4, 0.5) is 0 Å². The molecule has 0 radical (unpaired) electrons. The van der Waals surface area contributed by atoms with Crippen LogP contribution in [0.5, 0.6) is 0 Å². The standard InChI is InChI=1S/C15H17BrN2O/c1-14(2,11-3-5-12(16)6-4-11)10-18-13(19)15(9-17)7-8-15/h3-6H,7-8,10H2,1-2H3,(H,18,19). The third-order valence-electron chi connectivity index (χ3n) is 3.72. The van der Waals surface area contributed by atoms with Crippen LogP contribution in [0.2, 0.25) is 0 Å². The summed E-state index contributed by atoms with van der Waals surface area (Å²) in [5.41, 5.74) is 0.273. The summed E-state index contributed by atoms with van der Waals surface area (Å²) in [6.07, 6.45) is 1.38. The number of hydrogen-bond donors (Lipinski definition) is 1. The van der Waals surface area contributed by atoms with Crippen molar-refractivity contribution in [2.24, 2.45) is 5.41 Å². The number of benzene rings is 1. The van der Waals surface area contributed by atoms with E-state index in [9.17, 15) is 4.79 Å². The number of nitriles is 1. The second kappa shape index (κ2) is 4.97. The highest BCUT2D eigenvalue weighted by Gasteiger charge is 2.50. The van der Waals surface area contributed by atoms with Gasteiger partial charge >= 0.3 is 0 Å². The van der Waals surface area contributed by atoms with E-state index >= 15 is 0 Å². The molecule has 4 heteroatoms. The SMILES string of the molecule is CC(C)(CNC(=O)C1(C#N)CC1)c1ccc(Br)cc1. The minimum atomic E-state index is -0.740. The van der Waals surface area contributed by atoms with E-state index in [-0.39, 0.29) is 11.3 Å². The molecule has 3 nitrogen and oxygen atoms in total. The second-order valence-electron chi connectivity index (χ2n) is 5.77. The first-order valence-corrected chi connectivity index (χ1v) is 7.15. The maximum Gasteiger partial charge on any atom is 0.240 e. The van der Waals surface area contributed by atoms with Crippen molar-refractivity contribution in [1.82, 2.24) is 5.32 Å². The summed E-state index contributed by atoms with van der Waals surface area (Å²) < 4.78 is 1.04. The molecule has 0 spiro atoms. The third kappa shape index (κ3) is 2.98. The molecule has 1 aliphatic carbocycles. The molecule has 0 heterocycles. The lowest BCUT2D eigenvalue weighted by Crippen LogP contribution is -2.40. The van der Waals surface area contributed by atoms with Crippen molar-refractivity contribution < 1.29 is 4.79 Å². The molecule has 1 aromatic rings. The summed E-state index contributed by atoms with van der Waals surface area (Å²) in [7, 11) is 0. The van der Waals surface area contributed by atoms with Crippen LogP contribution < -0.4 is 5.32 Å². The Balaban J connectivity index is 2.00. The average molecular weight is 321 g/mol. The average Bonchev–Trinajstić information content (AvgIpc) is 3.17. The van der Waals surface area contributed by atoms with E-state index in [1.807, 2.05) is 24.3 Å². The van der Waals surface area contributed by atoms with E-state index < -0.39 is 5.41 Å². The summed E-state index contributed by atoms with van der Waals surface area (Å²) in [5, 5.41) is 11.9. The molecule has 1 aliphatic rings. The molecule has 0 aliphatic heterocycles. The lowest BCUT2D eigenvalue weighted by molar-refractivity contribution is -0.124. The van der Waals surface area contributed by atoms with E-state index in [2.05, 4.69) is 41.2 Å². The molecule has 1 N–H and O–H groups in total. The molecule has 100 valence electrons. The first kappa shape index (κ1) is 14.1. The number of carbonyl (C=O) groups excluding carboxylic acids is 1. The van der Waals surface area contributed by atoms with E-state index in [0.29, 0.717) is 19.4 Å². The fraction of sp³-hybridized carbons (Fsp3) is 0.467. The largest absolute Gasteiger partial charge is 0.354 e. The quantitative estimate of drug-likeness (QED) is 0.926. The minimum Gasteiger partial charge on any atom is -0.354 e. The second-order valence-corrected chi connectivity index (χ2v) is 6.68. The van der Waals surface area contributed by atoms with Crippen LogP contribution in [-0.4, -0.2) is 12.5 Å². The Morgan fingerprint density at radius 1 is 1.42 bits per heavy atom. The summed E-state index contributed by atoms with van der Waals surface area (Å²) in [4.78, 5) is 11.9. The monoisotopic (exact) mass is 320 g/mol. The van der Waals surface area contributed by atoms with Crippen LogP contribution in [0, 0.1) is 16.7 Å². The lowest BCUT2D eigenvalue weighted by Gasteiger charge is -2.26. The zero-order valence-electron chi connectivity index (χ0n) is 11.2. The number of hydrogen-bond acceptors (Lipinski definition) is 2. The van der Waals surface area contributed by atoms with Crippen LogP contribution in [0.15, 0.2) is 28.7 Å². The van der Waals surface area contributed by atoms with Crippen molar-refractivity contribution in [3.63, 3.8) is 0 Å². The normalized spacial score (nSPS) is 16.5. The minimum absolute atomic E-state index is 0.125. The fourth-order valence-electron chi connectivity index (χ4n) is 1.99. The first-order chi connectivity index (χ1) is 8.89. The Kier molecular flexibility index (Phi) is 3.69. The van der Waals surface area contributed by atoms with E-state index in [0.717, 1.165) is 10.0 Å². The van der Waals surface area contributed by atoms with Gasteiger partial charge in [-0.25, -0.2) is 0 Å². The predicted molar refractivity (Wildman–Crippen MR) is 77.5 cm³/mol. The van der Waals surface area contributed by atoms with Gasteiger partial charge in [0, 0.05) is 16.4 Å². The van der Waals surface area contributed by atoms with Gasteiger partial charge in [-0.05, 0) is 30.5 Å². The smallest absolute Gasteiger partial charge is 0.240 e. The maximum absolute atomic E-state index is 11.9. The molecular formula is C15H17BrN2O. The van der Waals surface area contributed by atoms with Gasteiger partial charge in [0.1, 0.15) is 5.41 Å². The lowest BCUT2D eigenvalue weighted by atomic mass is 9.84. The topological polar surface area (TPSA) is 52.9 Å². The number of amides is 1. The molecule has 1 saturated carbocycles. The van der Waals surface area contributed by atoms with Crippen molar-refractivity contribution in [1.29, 1.82) is 5.26 Å². The molecule has 0 bridgehead atoms. The van der Waals surface area contributed by atoms with Crippen molar-refractivity contribution in [2.75, 3.05) is 6.54 Å². The number of halogens is 1. The Hall–Kier alpha value is -1.34. The molecular weight excluding hydrogens is 304 g/mol. The van der Waals surface area contributed by atoms with Gasteiger partial charge < -0.3 is 5.32 Å². The molecule has 1 amide bonds. The fourth-order valence-corrected chi connectivity index (χ4v) is 2.25. The summed E-state index contributed by atoms with van der Waals surface area (Å²) in [6, 6.07) is 10.2. The Morgan fingerprint density at radius 2 is 2.00 bits per heavy atom. The van der Waals surface area contributed by atoms with Gasteiger partial charge in [0.2, 0.25) is 5.91 Å². The molecule has 19 heavy (non-hydrogen) atoms. The van der Waals surface area contributed by atoms with Crippen LogP contribution in [-0.2, 0) is 10.2 Å². The highest BCUT2D eigenvalue weighted by Crippen LogP contribution is 2.45. The van der Waals surface area contributed by atoms with E-state index in [1.54, 1.807) is 0 Å². The number of nitrogens with zero attached hydrogens (tertiary/aromatic N) is 1. The molecule has 0 atom stereocenters. The molecule has 0 aromatic heterocycles. The molecule has 1 fully saturated rings. The van der Waals surface area contributed by atoms with Gasteiger partial charge in [-0.2, -0.15) is 5.26 Å². The van der Waals surface area contributed by atoms with Crippen LogP contribution in [0.1, 0.15) is 32.3 Å². The first-order valence-electron chi connectivity index (χ1n) is 6.35. The van der Waals surface area contributed by atoms with Gasteiger partial charge in [-0.3, -0.25) is 4.79 Å². The van der Waals surface area contributed by atoms with Gasteiger partial charge in [0.05, 0.1) is 6.07 Å². The summed E-state index contributed by atoms with van der Waals surface area (Å²) >= 11 is 3.41. The van der Waals surface area contributed by atoms with Gasteiger partial charge in [0.15, 0.2) is 0 Å². The molecule has 2 rings (SSSR count). The Labute approximate surface area is 122 Å². The zero-order chi connectivity index (χ0) is 14.1. The maximum atomic E-state index is 11.9. The number of carbonyl (C=O) groups is 1. The van der Waals surface area contributed by atoms with Crippen LogP contribution in [0.3, 0.4) is 0 Å². The van der Waals surface area contributed by atoms with Crippen molar-refractivity contribution >= 4 is 21.8 Å². The zero-order valence-corrected chi connectivity index (χ0v) is 12.8. The Bertz CT molecular complexity index is 524. The van der Waals surface area contributed by atoms with Gasteiger partial charge in [0.25, 0.3) is 0 Å². The van der Waals surface area contributed by atoms with E-state index in [1.165, 1.54) is 0 Å². The van der Waals surface area contributed by atoms with Crippen molar-refractivity contribution in [3.8, 4) is 6.07 Å². The highest BCUT2D eigenvalue weighted by molar-refractivity contribution is 9.10. The molecule has 0 unspecified atom stereocenters. The van der Waals surface area contributed by atoms with Crippen LogP contribution >= 0.6 is 15.9 Å². The number of rotatable bonds is 4. The van der Waals surface area contributed by atoms with Gasteiger partial charge in [-0.1, -0.05) is 41.9 Å². The van der Waals surface area contributed by atoms with Crippen molar-refractivity contribution in [3.05, 3.63) is 34.3 Å². The summed E-state index contributed by atoms with van der Waals surface area (Å²) in [5.74, 6) is -0.125. The number of nitrogens with one attached hydrogen (secondary N) is 1. The molecule has 0 saturated heterocycles. The van der Waals surface area contributed by atoms with Crippen molar-refractivity contribution in [2.45, 2.75) is 32.1 Å². The van der Waals surface area contributed by atoms with Gasteiger partial charge in [-0.15, -0.1) is 0 Å².